The van der Waals surface area contributed by atoms with Crippen LogP contribution in [0, 0.1) is 22.9 Å². The molecule has 0 unspecified atom stereocenters. The third-order valence-electron chi connectivity index (χ3n) is 2.99. The van der Waals surface area contributed by atoms with Crippen LogP contribution in [0.2, 0.25) is 0 Å². The molecule has 2 aromatic rings. The average molecular weight is 291 g/mol. The van der Waals surface area contributed by atoms with E-state index in [9.17, 15) is 14.5 Å². The minimum Gasteiger partial charge on any atom is -0.489 e. The van der Waals surface area contributed by atoms with E-state index in [1.807, 2.05) is 0 Å². The van der Waals surface area contributed by atoms with Crippen molar-refractivity contribution in [1.82, 2.24) is 0 Å². The molecule has 21 heavy (non-hydrogen) atoms. The SMILES string of the molecule is Cc1cc(F)ccc1OCc1cccc([N+](=O)[O-])c1NN. The summed E-state index contributed by atoms with van der Waals surface area (Å²) in [7, 11) is 0. The van der Waals surface area contributed by atoms with Gasteiger partial charge in [0.15, 0.2) is 0 Å². The molecule has 0 aliphatic rings. The van der Waals surface area contributed by atoms with E-state index in [1.54, 1.807) is 19.1 Å². The predicted octanol–water partition coefficient (Wildman–Crippen LogP) is 2.91. The summed E-state index contributed by atoms with van der Waals surface area (Å²) in [4.78, 5) is 10.4. The minimum absolute atomic E-state index is 0.0771. The fraction of sp³-hybridized carbons (Fsp3) is 0.143. The van der Waals surface area contributed by atoms with Crippen LogP contribution in [0.5, 0.6) is 5.75 Å². The second-order valence-corrected chi connectivity index (χ2v) is 4.41. The van der Waals surface area contributed by atoms with E-state index < -0.39 is 4.92 Å². The Hall–Kier alpha value is -2.67. The first-order valence-electron chi connectivity index (χ1n) is 6.14. The summed E-state index contributed by atoms with van der Waals surface area (Å²) < 4.78 is 18.6. The number of nitrogens with one attached hydrogen (secondary N) is 1. The van der Waals surface area contributed by atoms with Gasteiger partial charge in [-0.15, -0.1) is 0 Å². The third kappa shape index (κ3) is 3.26. The molecular formula is C14H14FN3O3. The molecule has 0 saturated heterocycles. The first kappa shape index (κ1) is 14.7. The molecule has 0 atom stereocenters. The Balaban J connectivity index is 2.24. The molecule has 0 saturated carbocycles. The Morgan fingerprint density at radius 1 is 1.38 bits per heavy atom. The van der Waals surface area contributed by atoms with Gasteiger partial charge in [0.05, 0.1) is 4.92 Å². The van der Waals surface area contributed by atoms with Crippen LogP contribution in [-0.2, 0) is 6.61 Å². The number of anilines is 1. The number of aryl methyl sites for hydroxylation is 1. The highest BCUT2D eigenvalue weighted by Gasteiger charge is 2.16. The number of para-hydroxylation sites is 1. The number of hydrogen-bond acceptors (Lipinski definition) is 5. The van der Waals surface area contributed by atoms with Crippen molar-refractivity contribution in [3.8, 4) is 5.75 Å². The van der Waals surface area contributed by atoms with Gasteiger partial charge in [-0.25, -0.2) is 4.39 Å². The molecule has 7 heteroatoms. The molecule has 0 heterocycles. The van der Waals surface area contributed by atoms with Crippen LogP contribution in [0.1, 0.15) is 11.1 Å². The normalized spacial score (nSPS) is 10.2. The number of benzene rings is 2. The van der Waals surface area contributed by atoms with Crippen LogP contribution in [-0.4, -0.2) is 4.92 Å². The lowest BCUT2D eigenvalue weighted by Gasteiger charge is -2.12. The summed E-state index contributed by atoms with van der Waals surface area (Å²) in [6.07, 6.45) is 0. The molecule has 3 N–H and O–H groups in total. The molecule has 110 valence electrons. The number of nitrogens with two attached hydrogens (primary N) is 1. The summed E-state index contributed by atoms with van der Waals surface area (Å²) in [5.74, 6) is 5.51. The van der Waals surface area contributed by atoms with Crippen molar-refractivity contribution in [2.75, 3.05) is 5.43 Å². The molecule has 0 spiro atoms. The third-order valence-corrected chi connectivity index (χ3v) is 2.99. The van der Waals surface area contributed by atoms with E-state index in [-0.39, 0.29) is 23.8 Å². The van der Waals surface area contributed by atoms with Crippen molar-refractivity contribution in [1.29, 1.82) is 0 Å². The molecule has 2 aromatic carbocycles. The van der Waals surface area contributed by atoms with Gasteiger partial charge >= 0.3 is 0 Å². The summed E-state index contributed by atoms with van der Waals surface area (Å²) in [5.41, 5.74) is 3.57. The lowest BCUT2D eigenvalue weighted by molar-refractivity contribution is -0.384. The van der Waals surface area contributed by atoms with Gasteiger partial charge in [-0.1, -0.05) is 12.1 Å². The quantitative estimate of drug-likeness (QED) is 0.502. The van der Waals surface area contributed by atoms with Gasteiger partial charge in [0.2, 0.25) is 0 Å². The zero-order chi connectivity index (χ0) is 15.4. The van der Waals surface area contributed by atoms with Crippen LogP contribution >= 0.6 is 0 Å². The molecular weight excluding hydrogens is 277 g/mol. The van der Waals surface area contributed by atoms with E-state index in [1.165, 1.54) is 24.3 Å². The first-order chi connectivity index (χ1) is 10.0. The van der Waals surface area contributed by atoms with E-state index >= 15 is 0 Å². The van der Waals surface area contributed by atoms with Crippen LogP contribution in [0.4, 0.5) is 15.8 Å². The van der Waals surface area contributed by atoms with Crippen molar-refractivity contribution >= 4 is 11.4 Å². The van der Waals surface area contributed by atoms with Crippen molar-refractivity contribution < 1.29 is 14.1 Å². The maximum absolute atomic E-state index is 13.0. The van der Waals surface area contributed by atoms with Gasteiger partial charge in [-0.2, -0.15) is 0 Å². The van der Waals surface area contributed by atoms with Crippen molar-refractivity contribution in [3.05, 3.63) is 63.5 Å². The van der Waals surface area contributed by atoms with Gasteiger partial charge < -0.3 is 10.2 Å². The Labute approximate surface area is 120 Å². The molecule has 0 aliphatic carbocycles. The number of ether oxygens (including phenoxy) is 1. The van der Waals surface area contributed by atoms with Crippen LogP contribution < -0.4 is 16.0 Å². The number of nitrogens with zero attached hydrogens (tertiary/aromatic N) is 1. The molecule has 6 nitrogen and oxygen atoms in total. The van der Waals surface area contributed by atoms with Crippen molar-refractivity contribution in [3.63, 3.8) is 0 Å². The second kappa shape index (κ2) is 6.19. The Bertz CT molecular complexity index is 677. The fourth-order valence-electron chi connectivity index (χ4n) is 1.96. The lowest BCUT2D eigenvalue weighted by Crippen LogP contribution is -2.12. The molecule has 0 bridgehead atoms. The maximum Gasteiger partial charge on any atom is 0.294 e. The van der Waals surface area contributed by atoms with Crippen molar-refractivity contribution in [2.24, 2.45) is 5.84 Å². The number of hydrogen-bond donors (Lipinski definition) is 2. The Kier molecular flexibility index (Phi) is 4.34. The predicted molar refractivity (Wildman–Crippen MR) is 76.4 cm³/mol. The number of nitrogen functional groups attached to an aromatic ring is 1. The largest absolute Gasteiger partial charge is 0.489 e. The second-order valence-electron chi connectivity index (χ2n) is 4.41. The van der Waals surface area contributed by atoms with Crippen LogP contribution in [0.15, 0.2) is 36.4 Å². The number of nitro benzene ring substituents is 1. The molecule has 0 radical (unpaired) electrons. The molecule has 0 fully saturated rings. The highest BCUT2D eigenvalue weighted by molar-refractivity contribution is 5.65. The lowest BCUT2D eigenvalue weighted by atomic mass is 10.1. The fourth-order valence-corrected chi connectivity index (χ4v) is 1.96. The van der Waals surface area contributed by atoms with E-state index in [4.69, 9.17) is 10.6 Å². The first-order valence-corrected chi connectivity index (χ1v) is 6.14. The highest BCUT2D eigenvalue weighted by atomic mass is 19.1. The Morgan fingerprint density at radius 3 is 2.76 bits per heavy atom. The smallest absolute Gasteiger partial charge is 0.294 e. The Morgan fingerprint density at radius 2 is 2.14 bits per heavy atom. The number of nitro groups is 1. The average Bonchev–Trinajstić information content (AvgIpc) is 2.45. The standard InChI is InChI=1S/C14H14FN3O3/c1-9-7-11(15)5-6-13(9)21-8-10-3-2-4-12(18(19)20)14(10)17-16/h2-7,17H,8,16H2,1H3. The monoisotopic (exact) mass is 291 g/mol. The van der Waals surface area contributed by atoms with Gasteiger partial charge in [0.1, 0.15) is 23.9 Å². The summed E-state index contributed by atoms with van der Waals surface area (Å²) in [6, 6.07) is 8.72. The number of halogens is 1. The van der Waals surface area contributed by atoms with Gasteiger partial charge in [-0.05, 0) is 30.7 Å². The molecule has 2 rings (SSSR count). The maximum atomic E-state index is 13.0. The highest BCUT2D eigenvalue weighted by Crippen LogP contribution is 2.29. The molecule has 0 aliphatic heterocycles. The van der Waals surface area contributed by atoms with E-state index in [0.29, 0.717) is 16.9 Å². The summed E-state index contributed by atoms with van der Waals surface area (Å²) in [6.45, 7) is 1.79. The number of hydrazine groups is 1. The summed E-state index contributed by atoms with van der Waals surface area (Å²) in [5, 5.41) is 10.9. The van der Waals surface area contributed by atoms with Gasteiger partial charge in [-0.3, -0.25) is 16.0 Å². The van der Waals surface area contributed by atoms with E-state index in [2.05, 4.69) is 5.43 Å². The molecule has 0 amide bonds. The van der Waals surface area contributed by atoms with Crippen LogP contribution in [0.25, 0.3) is 0 Å². The number of rotatable bonds is 5. The van der Waals surface area contributed by atoms with Crippen LogP contribution in [0.3, 0.4) is 0 Å². The zero-order valence-corrected chi connectivity index (χ0v) is 11.3. The van der Waals surface area contributed by atoms with Gasteiger partial charge in [0.25, 0.3) is 5.69 Å². The van der Waals surface area contributed by atoms with Gasteiger partial charge in [0, 0.05) is 11.6 Å². The minimum atomic E-state index is -0.526. The molecule has 0 aromatic heterocycles. The van der Waals surface area contributed by atoms with E-state index in [0.717, 1.165) is 0 Å². The zero-order valence-electron chi connectivity index (χ0n) is 11.3. The van der Waals surface area contributed by atoms with Crippen molar-refractivity contribution in [2.45, 2.75) is 13.5 Å². The summed E-state index contributed by atoms with van der Waals surface area (Å²) >= 11 is 0. The topological polar surface area (TPSA) is 90.4 Å².